The molecule has 0 spiro atoms. The van der Waals surface area contributed by atoms with E-state index in [4.69, 9.17) is 4.74 Å². The third-order valence-electron chi connectivity index (χ3n) is 5.48. The number of fused-ring (bicyclic) bond motifs is 4. The molecule has 0 aliphatic carbocycles. The number of hydrogen-bond donors (Lipinski definition) is 1. The smallest absolute Gasteiger partial charge is 0.311 e. The molecule has 1 N–H and O–H groups in total. The van der Waals surface area contributed by atoms with Crippen molar-refractivity contribution in [2.24, 2.45) is 11.8 Å². The summed E-state index contributed by atoms with van der Waals surface area (Å²) >= 11 is 0. The maximum atomic E-state index is 12.8. The molecule has 26 heavy (non-hydrogen) atoms. The van der Waals surface area contributed by atoms with Crippen molar-refractivity contribution in [1.82, 2.24) is 9.47 Å². The number of hydrogen-bond acceptors (Lipinski definition) is 5. The molecule has 3 rings (SSSR count). The van der Waals surface area contributed by atoms with E-state index in [1.54, 1.807) is 40.7 Å². The molecule has 1 aromatic rings. The van der Waals surface area contributed by atoms with E-state index in [1.807, 2.05) is 6.92 Å². The summed E-state index contributed by atoms with van der Waals surface area (Å²) in [6.07, 6.45) is 3.82. The van der Waals surface area contributed by atoms with E-state index in [1.165, 1.54) is 7.11 Å². The number of ether oxygens (including phenoxy) is 1. The van der Waals surface area contributed by atoms with Crippen molar-refractivity contribution in [3.8, 4) is 0 Å². The number of esters is 1. The second-order valence-corrected chi connectivity index (χ2v) is 6.69. The van der Waals surface area contributed by atoms with Crippen LogP contribution in [0.25, 0.3) is 6.08 Å². The summed E-state index contributed by atoms with van der Waals surface area (Å²) in [6.45, 7) is 3.61. The van der Waals surface area contributed by atoms with Gasteiger partial charge in [-0.1, -0.05) is 19.1 Å². The predicted octanol–water partition coefficient (Wildman–Crippen LogP) is 0.955. The van der Waals surface area contributed by atoms with Crippen molar-refractivity contribution in [3.63, 3.8) is 0 Å². The van der Waals surface area contributed by atoms with Gasteiger partial charge in [0.05, 0.1) is 25.1 Å². The monoisotopic (exact) mass is 360 g/mol. The van der Waals surface area contributed by atoms with Gasteiger partial charge in [-0.3, -0.25) is 14.4 Å². The first-order valence-electron chi connectivity index (χ1n) is 8.86. The lowest BCUT2D eigenvalue weighted by molar-refractivity contribution is -0.148. The van der Waals surface area contributed by atoms with Crippen molar-refractivity contribution >= 4 is 18.0 Å². The molecule has 4 atom stereocenters. The van der Waals surface area contributed by atoms with Gasteiger partial charge in [-0.2, -0.15) is 0 Å². The molecule has 0 saturated carbocycles. The second kappa shape index (κ2) is 7.07. The molecule has 1 aromatic heterocycles. The van der Waals surface area contributed by atoms with Crippen molar-refractivity contribution in [2.45, 2.75) is 38.9 Å². The number of nitrogens with zero attached hydrogens (tertiary/aromatic N) is 2. The summed E-state index contributed by atoms with van der Waals surface area (Å²) in [5, 5.41) is 9.94. The first-order chi connectivity index (χ1) is 12.5. The van der Waals surface area contributed by atoms with Crippen molar-refractivity contribution in [3.05, 3.63) is 39.8 Å². The standard InChI is InChI=1S/C19H24N2O5/c1-4-6-11-7-8-13-17-16(19(25)26-3)12(10-22)14(9-20(13)18(11)24)21(17)15(23)5-2/h4,6-8,12,14,16-17,22H,5,9-10H2,1-3H3/b6-4-/t12-,14-,16+,17+/m0/s1. The minimum atomic E-state index is -0.689. The van der Waals surface area contributed by atoms with Crippen LogP contribution < -0.4 is 5.56 Å². The van der Waals surface area contributed by atoms with Gasteiger partial charge >= 0.3 is 5.97 Å². The normalized spacial score (nSPS) is 26.8. The van der Waals surface area contributed by atoms with E-state index in [0.717, 1.165) is 0 Å². The maximum Gasteiger partial charge on any atom is 0.311 e. The third kappa shape index (κ3) is 2.58. The average Bonchev–Trinajstić information content (AvgIpc) is 2.90. The maximum absolute atomic E-state index is 12.8. The number of rotatable bonds is 4. The van der Waals surface area contributed by atoms with E-state index in [9.17, 15) is 19.5 Å². The lowest BCUT2D eigenvalue weighted by atomic mass is 9.87. The largest absolute Gasteiger partial charge is 0.469 e. The Hall–Kier alpha value is -2.41. The minimum Gasteiger partial charge on any atom is -0.469 e. The molecule has 1 fully saturated rings. The summed E-state index contributed by atoms with van der Waals surface area (Å²) in [7, 11) is 1.30. The van der Waals surface area contributed by atoms with Crippen LogP contribution in [0.2, 0.25) is 0 Å². The van der Waals surface area contributed by atoms with Crippen LogP contribution in [0.4, 0.5) is 0 Å². The Morgan fingerprint density at radius 1 is 1.38 bits per heavy atom. The molecule has 7 nitrogen and oxygen atoms in total. The molecule has 0 radical (unpaired) electrons. The van der Waals surface area contributed by atoms with Crippen LogP contribution >= 0.6 is 0 Å². The zero-order valence-electron chi connectivity index (χ0n) is 15.2. The summed E-state index contributed by atoms with van der Waals surface area (Å²) in [5.41, 5.74) is 1.02. The molecule has 2 aliphatic rings. The van der Waals surface area contributed by atoms with Crippen LogP contribution in [0.3, 0.4) is 0 Å². The fraction of sp³-hybridized carbons (Fsp3) is 0.526. The fourth-order valence-electron chi connectivity index (χ4n) is 4.36. The van der Waals surface area contributed by atoms with Crippen molar-refractivity contribution < 1.29 is 19.4 Å². The third-order valence-corrected chi connectivity index (χ3v) is 5.48. The number of pyridine rings is 1. The predicted molar refractivity (Wildman–Crippen MR) is 95.2 cm³/mol. The quantitative estimate of drug-likeness (QED) is 0.808. The number of allylic oxidation sites excluding steroid dienone is 1. The minimum absolute atomic E-state index is 0.0962. The SMILES string of the molecule is C/C=C\c1ccc2n(c1=O)C[C@H]1[C@H](CO)[C@@H](C(=O)OC)[C@@H]2N1C(=O)CC. The van der Waals surface area contributed by atoms with Gasteiger partial charge in [0.1, 0.15) is 0 Å². The summed E-state index contributed by atoms with van der Waals surface area (Å²) in [5.74, 6) is -1.72. The highest BCUT2D eigenvalue weighted by Gasteiger charge is 2.57. The average molecular weight is 360 g/mol. The van der Waals surface area contributed by atoms with Gasteiger partial charge in [-0.25, -0.2) is 0 Å². The van der Waals surface area contributed by atoms with Gasteiger partial charge in [-0.15, -0.1) is 0 Å². The number of amides is 1. The topological polar surface area (TPSA) is 88.8 Å². The van der Waals surface area contributed by atoms with E-state index in [2.05, 4.69) is 0 Å². The molecule has 1 amide bonds. The Labute approximate surface area is 151 Å². The zero-order chi connectivity index (χ0) is 19.0. The van der Waals surface area contributed by atoms with E-state index < -0.39 is 29.9 Å². The summed E-state index contributed by atoms with van der Waals surface area (Å²) in [6, 6.07) is 2.50. The Kier molecular flexibility index (Phi) is 5.00. The van der Waals surface area contributed by atoms with Gasteiger partial charge in [0.15, 0.2) is 0 Å². The zero-order valence-corrected chi connectivity index (χ0v) is 15.2. The van der Waals surface area contributed by atoms with Crippen molar-refractivity contribution in [2.75, 3.05) is 13.7 Å². The molecule has 0 unspecified atom stereocenters. The number of aromatic nitrogens is 1. The van der Waals surface area contributed by atoms with Crippen LogP contribution in [-0.4, -0.2) is 46.2 Å². The second-order valence-electron chi connectivity index (χ2n) is 6.69. The van der Waals surface area contributed by atoms with Gasteiger partial charge < -0.3 is 19.3 Å². The molecule has 2 aliphatic heterocycles. The number of methoxy groups -OCH3 is 1. The van der Waals surface area contributed by atoms with Gasteiger partial charge in [-0.05, 0) is 19.1 Å². The van der Waals surface area contributed by atoms with Gasteiger partial charge in [0.2, 0.25) is 5.91 Å². The number of aliphatic hydroxyl groups is 1. The molecule has 0 aromatic carbocycles. The Morgan fingerprint density at radius 2 is 2.12 bits per heavy atom. The van der Waals surface area contributed by atoms with Crippen LogP contribution in [0, 0.1) is 11.8 Å². The molecule has 3 heterocycles. The molecule has 2 bridgehead atoms. The highest BCUT2D eigenvalue weighted by atomic mass is 16.5. The Bertz CT molecular complexity index is 813. The number of carbonyl (C=O) groups excluding carboxylic acids is 2. The fourth-order valence-corrected chi connectivity index (χ4v) is 4.36. The summed E-state index contributed by atoms with van der Waals surface area (Å²) < 4.78 is 6.59. The first kappa shape index (κ1) is 18.4. The van der Waals surface area contributed by atoms with Crippen LogP contribution in [-0.2, 0) is 20.9 Å². The number of aliphatic hydroxyl groups excluding tert-OH is 1. The highest BCUT2D eigenvalue weighted by molar-refractivity contribution is 5.81. The number of carbonyl (C=O) groups is 2. The van der Waals surface area contributed by atoms with Gasteiger partial charge in [0.25, 0.3) is 5.56 Å². The van der Waals surface area contributed by atoms with E-state index in [-0.39, 0.29) is 24.6 Å². The molecule has 1 saturated heterocycles. The molecule has 140 valence electrons. The Morgan fingerprint density at radius 3 is 2.69 bits per heavy atom. The van der Waals surface area contributed by atoms with Crippen LogP contribution in [0.1, 0.15) is 37.6 Å². The lowest BCUT2D eigenvalue weighted by Gasteiger charge is -2.38. The van der Waals surface area contributed by atoms with E-state index >= 15 is 0 Å². The highest BCUT2D eigenvalue weighted by Crippen LogP contribution is 2.48. The van der Waals surface area contributed by atoms with Gasteiger partial charge in [0, 0.05) is 36.7 Å². The van der Waals surface area contributed by atoms with Crippen LogP contribution in [0.5, 0.6) is 0 Å². The van der Waals surface area contributed by atoms with E-state index in [0.29, 0.717) is 17.7 Å². The first-order valence-corrected chi connectivity index (χ1v) is 8.86. The molecular formula is C19H24N2O5. The molecular weight excluding hydrogens is 336 g/mol. The molecule has 7 heteroatoms. The van der Waals surface area contributed by atoms with Crippen molar-refractivity contribution in [1.29, 1.82) is 0 Å². The lowest BCUT2D eigenvalue weighted by Crippen LogP contribution is -2.49. The van der Waals surface area contributed by atoms with Crippen LogP contribution in [0.15, 0.2) is 23.0 Å². The Balaban J connectivity index is 2.21. The summed E-state index contributed by atoms with van der Waals surface area (Å²) in [4.78, 5) is 39.6.